The average molecular weight is 392 g/mol. The molecule has 0 bridgehead atoms. The molecule has 0 saturated heterocycles. The summed E-state index contributed by atoms with van der Waals surface area (Å²) in [5.74, 6) is -2.11. The number of nitrogens with zero attached hydrogens (tertiary/aromatic N) is 2. The summed E-state index contributed by atoms with van der Waals surface area (Å²) in [6, 6.07) is 0.405. The maximum absolute atomic E-state index is 12.0. The molecule has 1 aromatic heterocycles. The Labute approximate surface area is 117 Å². The minimum absolute atomic E-state index is 0.335. The van der Waals surface area contributed by atoms with Crippen molar-refractivity contribution in [1.82, 2.24) is 4.98 Å². The van der Waals surface area contributed by atoms with Crippen molar-refractivity contribution in [3.05, 3.63) is 25.4 Å². The van der Waals surface area contributed by atoms with Crippen LogP contribution in [-0.4, -0.2) is 29.3 Å². The van der Waals surface area contributed by atoms with Gasteiger partial charge in [0.1, 0.15) is 3.70 Å². The van der Waals surface area contributed by atoms with Crippen molar-refractivity contribution in [1.29, 1.82) is 0 Å². The van der Waals surface area contributed by atoms with E-state index in [1.807, 2.05) is 0 Å². The summed E-state index contributed by atoms with van der Waals surface area (Å²) in [6.07, 6.45) is -5.04. The molecule has 0 unspecified atom stereocenters. The third kappa shape index (κ3) is 3.90. The largest absolute Gasteiger partial charge is 0.574 e. The monoisotopic (exact) mass is 392 g/mol. The molecule has 11 heteroatoms. The number of carbonyl (C=O) groups excluding carboxylic acids is 1. The molecular formula is C8H4F3IN2O5. The average Bonchev–Trinajstić information content (AvgIpc) is 2.24. The predicted octanol–water partition coefficient (Wildman–Crippen LogP) is 2.28. The second-order valence-electron chi connectivity index (χ2n) is 2.94. The quantitative estimate of drug-likeness (QED) is 0.258. The van der Waals surface area contributed by atoms with Gasteiger partial charge in [-0.2, -0.15) is 0 Å². The van der Waals surface area contributed by atoms with Gasteiger partial charge in [-0.1, -0.05) is 0 Å². The van der Waals surface area contributed by atoms with E-state index in [4.69, 9.17) is 0 Å². The van der Waals surface area contributed by atoms with Gasteiger partial charge < -0.3 is 9.47 Å². The van der Waals surface area contributed by atoms with Crippen LogP contribution in [0.1, 0.15) is 10.4 Å². The first-order valence-electron chi connectivity index (χ1n) is 4.34. The lowest BCUT2D eigenvalue weighted by Gasteiger charge is -2.09. The van der Waals surface area contributed by atoms with Crippen molar-refractivity contribution in [2.75, 3.05) is 7.11 Å². The molecule has 0 aromatic carbocycles. The number of esters is 1. The Hall–Kier alpha value is -1.66. The minimum atomic E-state index is -5.04. The molecule has 1 heterocycles. The highest BCUT2D eigenvalue weighted by molar-refractivity contribution is 14.1. The van der Waals surface area contributed by atoms with E-state index in [2.05, 4.69) is 14.5 Å². The molecule has 0 amide bonds. The number of carbonyl (C=O) groups is 1. The Morgan fingerprint density at radius 2 is 2.11 bits per heavy atom. The molecule has 0 aliphatic carbocycles. The zero-order valence-electron chi connectivity index (χ0n) is 9.02. The Bertz CT molecular complexity index is 534. The highest BCUT2D eigenvalue weighted by Crippen LogP contribution is 2.30. The topological polar surface area (TPSA) is 91.6 Å². The van der Waals surface area contributed by atoms with Crippen LogP contribution in [0.3, 0.4) is 0 Å². The first kappa shape index (κ1) is 15.4. The number of ether oxygens (including phenoxy) is 2. The Morgan fingerprint density at radius 1 is 1.53 bits per heavy atom. The molecule has 104 valence electrons. The van der Waals surface area contributed by atoms with Crippen LogP contribution in [-0.2, 0) is 4.74 Å². The summed E-state index contributed by atoms with van der Waals surface area (Å²) in [7, 11) is 0.974. The molecule has 0 N–H and O–H groups in total. The molecule has 0 radical (unpaired) electrons. The second kappa shape index (κ2) is 5.54. The van der Waals surface area contributed by atoms with E-state index in [0.29, 0.717) is 6.07 Å². The van der Waals surface area contributed by atoms with Crippen molar-refractivity contribution in [3.8, 4) is 5.88 Å². The lowest BCUT2D eigenvalue weighted by Crippen LogP contribution is -2.19. The van der Waals surface area contributed by atoms with Crippen LogP contribution in [0.25, 0.3) is 0 Å². The van der Waals surface area contributed by atoms with E-state index in [-0.39, 0.29) is 3.70 Å². The molecule has 0 aliphatic rings. The molecule has 7 nitrogen and oxygen atoms in total. The summed E-state index contributed by atoms with van der Waals surface area (Å²) in [5.41, 5.74) is -1.42. The Balaban J connectivity index is 3.38. The van der Waals surface area contributed by atoms with E-state index in [1.54, 1.807) is 0 Å². The Kier molecular flexibility index (Phi) is 4.49. The number of hydrogen-bond donors (Lipinski definition) is 0. The molecule has 0 saturated carbocycles. The molecule has 0 spiro atoms. The van der Waals surface area contributed by atoms with Crippen molar-refractivity contribution < 1.29 is 32.4 Å². The number of aromatic nitrogens is 1. The summed E-state index contributed by atoms with van der Waals surface area (Å²) in [5, 5.41) is 10.7. The molecule has 0 atom stereocenters. The van der Waals surface area contributed by atoms with Gasteiger partial charge in [-0.3, -0.25) is 10.1 Å². The number of nitro groups is 1. The lowest BCUT2D eigenvalue weighted by atomic mass is 10.2. The molecular weight excluding hydrogens is 388 g/mol. The van der Waals surface area contributed by atoms with Crippen LogP contribution >= 0.6 is 22.6 Å². The SMILES string of the molecule is COC(=O)c1c([N+](=O)[O-])cc(OC(F)(F)F)nc1I. The van der Waals surface area contributed by atoms with Crippen molar-refractivity contribution >= 4 is 34.2 Å². The van der Waals surface area contributed by atoms with Crippen LogP contribution < -0.4 is 4.74 Å². The van der Waals surface area contributed by atoms with Gasteiger partial charge in [-0.25, -0.2) is 9.78 Å². The maximum atomic E-state index is 12.0. The van der Waals surface area contributed by atoms with Gasteiger partial charge in [0.15, 0.2) is 5.56 Å². The standard InChI is InChI=1S/C8H4F3IN2O5/c1-18-7(15)5-3(14(16)17)2-4(13-6(5)12)19-8(9,10)11/h2H,1H3. The molecule has 0 aliphatic heterocycles. The second-order valence-corrected chi connectivity index (χ2v) is 3.96. The predicted molar refractivity (Wildman–Crippen MR) is 61.6 cm³/mol. The van der Waals surface area contributed by atoms with E-state index >= 15 is 0 Å². The molecule has 19 heavy (non-hydrogen) atoms. The van der Waals surface area contributed by atoms with E-state index < -0.39 is 34.4 Å². The number of alkyl halides is 3. The Morgan fingerprint density at radius 3 is 2.53 bits per heavy atom. The summed E-state index contributed by atoms with van der Waals surface area (Å²) >= 11 is 1.37. The van der Waals surface area contributed by atoms with Crippen LogP contribution in [0.15, 0.2) is 6.07 Å². The number of pyridine rings is 1. The summed E-state index contributed by atoms with van der Waals surface area (Å²) in [4.78, 5) is 24.3. The maximum Gasteiger partial charge on any atom is 0.574 e. The van der Waals surface area contributed by atoms with E-state index in [9.17, 15) is 28.1 Å². The minimum Gasteiger partial charge on any atom is -0.465 e. The third-order valence-corrected chi connectivity index (χ3v) is 2.52. The smallest absolute Gasteiger partial charge is 0.465 e. The first-order chi connectivity index (χ1) is 8.65. The van der Waals surface area contributed by atoms with Gasteiger partial charge >= 0.3 is 12.3 Å². The molecule has 0 fully saturated rings. The first-order valence-corrected chi connectivity index (χ1v) is 5.42. The van der Waals surface area contributed by atoms with Gasteiger partial charge in [-0.05, 0) is 22.6 Å². The van der Waals surface area contributed by atoms with Crippen molar-refractivity contribution in [3.63, 3.8) is 0 Å². The highest BCUT2D eigenvalue weighted by atomic mass is 127. The number of methoxy groups -OCH3 is 1. The van der Waals surface area contributed by atoms with Crippen LogP contribution in [0.2, 0.25) is 0 Å². The van der Waals surface area contributed by atoms with Gasteiger partial charge in [0.25, 0.3) is 5.69 Å². The van der Waals surface area contributed by atoms with Gasteiger partial charge in [-0.15, -0.1) is 13.2 Å². The van der Waals surface area contributed by atoms with E-state index in [1.165, 1.54) is 22.6 Å². The van der Waals surface area contributed by atoms with Crippen LogP contribution in [0.4, 0.5) is 18.9 Å². The van der Waals surface area contributed by atoms with Crippen molar-refractivity contribution in [2.24, 2.45) is 0 Å². The number of hydrogen-bond acceptors (Lipinski definition) is 6. The molecule has 1 aromatic rings. The van der Waals surface area contributed by atoms with Gasteiger partial charge in [0.05, 0.1) is 18.1 Å². The summed E-state index contributed by atoms with van der Waals surface area (Å²) in [6.45, 7) is 0. The fourth-order valence-electron chi connectivity index (χ4n) is 1.09. The lowest BCUT2D eigenvalue weighted by molar-refractivity contribution is -0.385. The fourth-order valence-corrected chi connectivity index (χ4v) is 1.82. The normalized spacial score (nSPS) is 11.0. The third-order valence-electron chi connectivity index (χ3n) is 1.74. The highest BCUT2D eigenvalue weighted by Gasteiger charge is 2.34. The fraction of sp³-hybridized carbons (Fsp3) is 0.250. The molecule has 1 rings (SSSR count). The van der Waals surface area contributed by atoms with Crippen LogP contribution in [0.5, 0.6) is 5.88 Å². The van der Waals surface area contributed by atoms with Crippen molar-refractivity contribution in [2.45, 2.75) is 6.36 Å². The number of halogens is 4. The number of rotatable bonds is 3. The van der Waals surface area contributed by atoms with Gasteiger partial charge in [0, 0.05) is 0 Å². The summed E-state index contributed by atoms with van der Waals surface area (Å²) < 4.78 is 43.4. The zero-order valence-corrected chi connectivity index (χ0v) is 11.2. The van der Waals surface area contributed by atoms with Crippen LogP contribution in [0, 0.1) is 13.8 Å². The van der Waals surface area contributed by atoms with E-state index in [0.717, 1.165) is 7.11 Å². The van der Waals surface area contributed by atoms with Gasteiger partial charge in [0.2, 0.25) is 5.88 Å². The zero-order chi connectivity index (χ0) is 14.8.